The molecule has 4 heterocycles. The van der Waals surface area contributed by atoms with Crippen LogP contribution in [-0.2, 0) is 32.5 Å². The van der Waals surface area contributed by atoms with Gasteiger partial charge in [0.25, 0.3) is 6.71 Å². The third kappa shape index (κ3) is 12.7. The molecule has 16 aromatic rings. The molecule has 0 unspecified atom stereocenters. The van der Waals surface area contributed by atoms with Gasteiger partial charge in [-0.1, -0.05) is 331 Å². The summed E-state index contributed by atoms with van der Waals surface area (Å²) in [6, 6.07) is 98.7. The Morgan fingerprint density at radius 3 is 1.10 bits per heavy atom. The quantitative estimate of drug-likeness (QED) is 0.134. The molecule has 0 aliphatic carbocycles. The molecule has 558 valence electrons. The molecule has 5 heteroatoms. The van der Waals surface area contributed by atoms with Crippen LogP contribution in [0.15, 0.2) is 297 Å². The molecule has 0 atom stereocenters. The van der Waals surface area contributed by atoms with Crippen LogP contribution >= 0.6 is 0 Å². The molecule has 0 radical (unpaired) electrons. The second-order valence-corrected chi connectivity index (χ2v) is 38.0. The molecule has 4 nitrogen and oxygen atoms in total. The normalized spacial score (nSPS) is 14.0. The fourth-order valence-corrected chi connectivity index (χ4v) is 17.6. The zero-order chi connectivity index (χ0) is 83.1. The van der Waals surface area contributed by atoms with E-state index < -0.39 is 12.8 Å². The summed E-state index contributed by atoms with van der Waals surface area (Å²) in [6.45, 7) is 41.3. The summed E-state index contributed by atoms with van der Waals surface area (Å²) in [5, 5.41) is 4.67. The predicted octanol–water partition coefficient (Wildman–Crippen LogP) is 28.1. The van der Waals surface area contributed by atoms with Crippen molar-refractivity contribution in [3.8, 4) is 67.0 Å². The predicted molar refractivity (Wildman–Crippen MR) is 489 cm³/mol. The highest BCUT2D eigenvalue weighted by Gasteiger charge is 2.45. The van der Waals surface area contributed by atoms with E-state index >= 15 is 0 Å². The zero-order valence-electron chi connectivity index (χ0n) is 73.8. The summed E-state index contributed by atoms with van der Waals surface area (Å²) >= 11 is 0. The van der Waals surface area contributed by atoms with Crippen molar-refractivity contribution >= 4 is 101 Å². The SMILES string of the molecule is [2H]c1c([2H])c([2H])c(-c2ccc3c(c2)N(c2cc(-c4ccccc4)cc(-c4ccccc4)c2)c2cc(-c4cc(C(C)(C)C)cc(C(C)(C)C)c4)cc4c2B3c2ccc(-c3cc(C(C)(C)C)cc(C(C)(C)C)c3)cc2N4c2cccc3c4cccc(-n5c6ccc(C(C)(C)C)cc6c6cc(C(C)(C)C)ccc65)c4n(-c4ccccc4)c23)c([2H])c1[2H]. The van der Waals surface area contributed by atoms with Crippen molar-refractivity contribution in [1.82, 2.24) is 9.13 Å². The molecule has 0 saturated heterocycles. The molecule has 2 aromatic heterocycles. The molecule has 18 rings (SSSR count). The Balaban J connectivity index is 1.03. The maximum Gasteiger partial charge on any atom is 0.252 e. The van der Waals surface area contributed by atoms with Gasteiger partial charge in [-0.25, -0.2) is 0 Å². The van der Waals surface area contributed by atoms with Crippen molar-refractivity contribution < 1.29 is 6.85 Å². The first-order chi connectivity index (χ1) is 55.9. The molecule has 0 N–H and O–H groups in total. The molecule has 113 heavy (non-hydrogen) atoms. The first-order valence-corrected chi connectivity index (χ1v) is 40.3. The topological polar surface area (TPSA) is 16.3 Å². The van der Waals surface area contributed by atoms with Gasteiger partial charge >= 0.3 is 0 Å². The summed E-state index contributed by atoms with van der Waals surface area (Å²) in [5.74, 6) is 0. The third-order valence-electron chi connectivity index (χ3n) is 24.0. The van der Waals surface area contributed by atoms with Gasteiger partial charge in [-0.05, 0) is 229 Å². The highest BCUT2D eigenvalue weighted by Crippen LogP contribution is 2.53. The van der Waals surface area contributed by atoms with Gasteiger partial charge in [-0.3, -0.25) is 0 Å². The maximum atomic E-state index is 9.67. The van der Waals surface area contributed by atoms with Crippen LogP contribution in [0.4, 0.5) is 34.1 Å². The Bertz CT molecular complexity index is 6580. The highest BCUT2D eigenvalue weighted by molar-refractivity contribution is 7.00. The summed E-state index contributed by atoms with van der Waals surface area (Å²) < 4.78 is 51.6. The Morgan fingerprint density at radius 2 is 0.628 bits per heavy atom. The van der Waals surface area contributed by atoms with Crippen molar-refractivity contribution in [2.45, 2.75) is 157 Å². The van der Waals surface area contributed by atoms with Gasteiger partial charge in [0.05, 0.1) is 40.3 Å². The van der Waals surface area contributed by atoms with Gasteiger partial charge in [-0.2, -0.15) is 0 Å². The number of hydrogen-bond acceptors (Lipinski definition) is 2. The minimum Gasteiger partial charge on any atom is -0.311 e. The van der Waals surface area contributed by atoms with Crippen molar-refractivity contribution in [2.75, 3.05) is 9.80 Å². The lowest BCUT2D eigenvalue weighted by atomic mass is 9.33. The van der Waals surface area contributed by atoms with Gasteiger partial charge in [0.1, 0.15) is 0 Å². The largest absolute Gasteiger partial charge is 0.311 e. The number of fused-ring (bicyclic) bond motifs is 10. The number of para-hydroxylation sites is 3. The molecule has 14 aromatic carbocycles. The number of nitrogens with zero attached hydrogens (tertiary/aromatic N) is 4. The number of benzene rings is 14. The lowest BCUT2D eigenvalue weighted by Crippen LogP contribution is -2.61. The molecule has 0 saturated carbocycles. The van der Waals surface area contributed by atoms with Crippen LogP contribution in [0.5, 0.6) is 0 Å². The van der Waals surface area contributed by atoms with Gasteiger partial charge < -0.3 is 18.9 Å². The van der Waals surface area contributed by atoms with E-state index in [4.69, 9.17) is 1.37 Å². The standard InChI is InChI=1S/C108H103BN4/c1-103(2,3)78-47-51-92-88(66-78)89-67-79(104(4,5)6)48-52-93(89)112(92)94-43-31-41-86-87-42-32-44-95(102(87)111(101(86)94)84-39-29-22-30-40-84)113-97-61-72(75-54-80(105(7,8)9)64-81(55-75)106(10,11)12)46-50-91(97)109-90-49-45-71(68-33-23-19-24-34-68)60-96(90)110(85-58-73(69-35-25-20-26-36-69)53-74(59-85)70-37-27-21-28-38-70)98-62-77(63-99(113)100(98)109)76-56-82(107(13,14)15)65-83(57-76)108(16,17)18/h19-67H,1-18H3/i19D,23D,24D,33D,34D. The van der Waals surface area contributed by atoms with E-state index in [2.05, 4.69) is 404 Å². The first kappa shape index (κ1) is 67.1. The van der Waals surface area contributed by atoms with E-state index in [1.807, 2.05) is 6.07 Å². The minimum absolute atomic E-state index is 0.0906. The second kappa shape index (κ2) is 26.5. The fourth-order valence-electron chi connectivity index (χ4n) is 17.6. The van der Waals surface area contributed by atoms with E-state index in [1.165, 1.54) is 44.2 Å². The van der Waals surface area contributed by atoms with Gasteiger partial charge in [0.2, 0.25) is 0 Å². The van der Waals surface area contributed by atoms with Crippen LogP contribution in [0.1, 0.15) is 165 Å². The fraction of sp³-hybridized carbons (Fsp3) is 0.222. The summed E-state index contributed by atoms with van der Waals surface area (Å²) in [7, 11) is 0. The Morgan fingerprint density at radius 1 is 0.239 bits per heavy atom. The monoisotopic (exact) mass is 1470 g/mol. The van der Waals surface area contributed by atoms with Crippen LogP contribution in [0, 0.1) is 0 Å². The highest BCUT2D eigenvalue weighted by atomic mass is 15.2. The Labute approximate surface area is 677 Å². The molecule has 0 spiro atoms. The number of rotatable bonds is 9. The number of hydrogen-bond donors (Lipinski definition) is 0. The van der Waals surface area contributed by atoms with Crippen LogP contribution in [0.25, 0.3) is 111 Å². The summed E-state index contributed by atoms with van der Waals surface area (Å²) in [5.41, 5.74) is 31.1. The van der Waals surface area contributed by atoms with Gasteiger partial charge in [-0.15, -0.1) is 0 Å². The maximum absolute atomic E-state index is 9.67. The Kier molecular flexibility index (Phi) is 15.7. The van der Waals surface area contributed by atoms with Crippen LogP contribution in [0.3, 0.4) is 0 Å². The van der Waals surface area contributed by atoms with E-state index in [9.17, 15) is 5.48 Å². The second-order valence-electron chi connectivity index (χ2n) is 38.0. The lowest BCUT2D eigenvalue weighted by molar-refractivity contribution is 0.568. The summed E-state index contributed by atoms with van der Waals surface area (Å²) in [6.07, 6.45) is 0. The van der Waals surface area contributed by atoms with Crippen molar-refractivity contribution in [2.24, 2.45) is 0 Å². The van der Waals surface area contributed by atoms with Crippen LogP contribution in [0.2, 0.25) is 0 Å². The van der Waals surface area contributed by atoms with Crippen LogP contribution < -0.4 is 26.2 Å². The smallest absolute Gasteiger partial charge is 0.252 e. The molecule has 2 aliphatic heterocycles. The summed E-state index contributed by atoms with van der Waals surface area (Å²) in [4.78, 5) is 5.08. The molecule has 2 aliphatic rings. The zero-order valence-corrected chi connectivity index (χ0v) is 68.8. The van der Waals surface area contributed by atoms with E-state index in [0.29, 0.717) is 5.56 Å². The van der Waals surface area contributed by atoms with Gasteiger partial charge in [0, 0.05) is 55.7 Å². The molecule has 0 bridgehead atoms. The van der Waals surface area contributed by atoms with Crippen LogP contribution in [-0.4, -0.2) is 15.8 Å². The average Bonchev–Trinajstić information content (AvgIpc) is 0.955. The number of anilines is 6. The molecular formula is C108H103BN4. The molecule has 0 amide bonds. The van der Waals surface area contributed by atoms with Crippen molar-refractivity contribution in [3.63, 3.8) is 0 Å². The van der Waals surface area contributed by atoms with E-state index in [-0.39, 0.29) is 62.2 Å². The van der Waals surface area contributed by atoms with E-state index in [0.717, 1.165) is 139 Å². The van der Waals surface area contributed by atoms with Gasteiger partial charge in [0.15, 0.2) is 0 Å². The average molecular weight is 1470 g/mol. The molecule has 0 fully saturated rings. The minimum atomic E-state index is -0.431. The Hall–Kier alpha value is -11.7. The van der Waals surface area contributed by atoms with Crippen molar-refractivity contribution in [3.05, 3.63) is 331 Å². The lowest BCUT2D eigenvalue weighted by Gasteiger charge is -2.45. The first-order valence-electron chi connectivity index (χ1n) is 42.8. The molecular weight excluding hydrogens is 1360 g/mol. The van der Waals surface area contributed by atoms with E-state index in [1.54, 1.807) is 0 Å². The number of aromatic nitrogens is 2. The third-order valence-corrected chi connectivity index (χ3v) is 24.0. The van der Waals surface area contributed by atoms with Crippen molar-refractivity contribution in [1.29, 1.82) is 0 Å².